The van der Waals surface area contributed by atoms with Crippen LogP contribution in [0.4, 0.5) is 5.69 Å². The molecule has 1 aliphatic heterocycles. The molecule has 2 amide bonds. The van der Waals surface area contributed by atoms with E-state index in [-0.39, 0.29) is 24.4 Å². The first-order valence-corrected chi connectivity index (χ1v) is 11.8. The Bertz CT molecular complexity index is 1150. The molecular formula is C25H25N3O5S. The molecule has 0 spiro atoms. The number of hydrogen-bond acceptors (Lipinski definition) is 7. The molecule has 4 rings (SSSR count). The van der Waals surface area contributed by atoms with Crippen LogP contribution in [0.2, 0.25) is 0 Å². The molecule has 2 heterocycles. The fraction of sp³-hybridized carbons (Fsp3) is 0.240. The van der Waals surface area contributed by atoms with Gasteiger partial charge in [0.1, 0.15) is 5.03 Å². The Balaban J connectivity index is 1.30. The zero-order chi connectivity index (χ0) is 23.8. The summed E-state index contributed by atoms with van der Waals surface area (Å²) in [6.07, 6.45) is 1.60. The van der Waals surface area contributed by atoms with Crippen LogP contribution < -0.4 is 20.1 Å². The molecule has 1 aromatic heterocycles. The standard InChI is InChI=1S/C25H25N3O5S/c1-2-31-14-18-7-5-17(6-8-18)13-27-24(30)20-4-3-11-26-25(20)34-15-23(29)28-19-9-10-21-22(12-19)33-16-32-21/h3-12H,2,13-16H2,1H3,(H,27,30)(H,28,29). The zero-order valence-electron chi connectivity index (χ0n) is 18.7. The Labute approximate surface area is 202 Å². The molecule has 2 aromatic carbocycles. The van der Waals surface area contributed by atoms with Crippen molar-refractivity contribution in [1.29, 1.82) is 0 Å². The van der Waals surface area contributed by atoms with Gasteiger partial charge in [-0.25, -0.2) is 4.98 Å². The van der Waals surface area contributed by atoms with Gasteiger partial charge in [-0.15, -0.1) is 0 Å². The summed E-state index contributed by atoms with van der Waals surface area (Å²) in [5.74, 6) is 0.891. The number of benzene rings is 2. The maximum atomic E-state index is 12.8. The lowest BCUT2D eigenvalue weighted by atomic mass is 10.1. The first-order valence-electron chi connectivity index (χ1n) is 10.8. The minimum atomic E-state index is -0.245. The van der Waals surface area contributed by atoms with Gasteiger partial charge < -0.3 is 24.8 Å². The summed E-state index contributed by atoms with van der Waals surface area (Å²) in [6.45, 7) is 3.76. The Morgan fingerprint density at radius 3 is 2.68 bits per heavy atom. The predicted octanol–water partition coefficient (Wildman–Crippen LogP) is 4.01. The third-order valence-corrected chi connectivity index (χ3v) is 5.97. The monoisotopic (exact) mass is 479 g/mol. The normalized spacial score (nSPS) is 11.8. The third kappa shape index (κ3) is 6.27. The second-order valence-corrected chi connectivity index (χ2v) is 8.36. The molecule has 0 radical (unpaired) electrons. The number of ether oxygens (including phenoxy) is 3. The highest BCUT2D eigenvalue weighted by Gasteiger charge is 2.16. The first kappa shape index (κ1) is 23.6. The van der Waals surface area contributed by atoms with Crippen LogP contribution in [0.25, 0.3) is 0 Å². The molecule has 0 atom stereocenters. The number of carbonyl (C=O) groups excluding carboxylic acids is 2. The molecule has 0 saturated heterocycles. The minimum absolute atomic E-state index is 0.104. The van der Waals surface area contributed by atoms with E-state index in [4.69, 9.17) is 14.2 Å². The van der Waals surface area contributed by atoms with Gasteiger partial charge in [0.05, 0.1) is 17.9 Å². The van der Waals surface area contributed by atoms with Crippen molar-refractivity contribution in [1.82, 2.24) is 10.3 Å². The maximum absolute atomic E-state index is 12.8. The number of anilines is 1. The molecule has 0 unspecified atom stereocenters. The molecule has 0 saturated carbocycles. The number of nitrogens with one attached hydrogen (secondary N) is 2. The summed E-state index contributed by atoms with van der Waals surface area (Å²) in [7, 11) is 0. The summed E-state index contributed by atoms with van der Waals surface area (Å²) in [6, 6.07) is 16.5. The SMILES string of the molecule is CCOCc1ccc(CNC(=O)c2cccnc2SCC(=O)Nc2ccc3c(c2)OCO3)cc1. The molecule has 0 bridgehead atoms. The van der Waals surface area contributed by atoms with E-state index in [9.17, 15) is 9.59 Å². The van der Waals surface area contributed by atoms with E-state index in [1.54, 1.807) is 36.5 Å². The number of aromatic nitrogens is 1. The fourth-order valence-corrected chi connectivity index (χ4v) is 4.03. The largest absolute Gasteiger partial charge is 0.454 e. The number of amides is 2. The van der Waals surface area contributed by atoms with Crippen LogP contribution in [-0.4, -0.2) is 36.0 Å². The summed E-state index contributed by atoms with van der Waals surface area (Å²) in [4.78, 5) is 29.5. The van der Waals surface area contributed by atoms with Crippen molar-refractivity contribution in [2.45, 2.75) is 25.1 Å². The van der Waals surface area contributed by atoms with E-state index in [0.29, 0.717) is 47.5 Å². The lowest BCUT2D eigenvalue weighted by Gasteiger charge is -2.10. The van der Waals surface area contributed by atoms with Crippen molar-refractivity contribution in [3.05, 3.63) is 77.5 Å². The Morgan fingerprint density at radius 2 is 1.85 bits per heavy atom. The van der Waals surface area contributed by atoms with E-state index in [2.05, 4.69) is 15.6 Å². The molecule has 1 aliphatic rings. The number of thioether (sulfide) groups is 1. The summed E-state index contributed by atoms with van der Waals surface area (Å²) < 4.78 is 16.0. The topological polar surface area (TPSA) is 98.8 Å². The zero-order valence-corrected chi connectivity index (χ0v) is 19.5. The summed E-state index contributed by atoms with van der Waals surface area (Å²) in [5, 5.41) is 6.24. The second kappa shape index (κ2) is 11.5. The number of fused-ring (bicyclic) bond motifs is 1. The van der Waals surface area contributed by atoms with Gasteiger partial charge in [0.25, 0.3) is 5.91 Å². The highest BCUT2D eigenvalue weighted by Crippen LogP contribution is 2.34. The van der Waals surface area contributed by atoms with Crippen LogP contribution >= 0.6 is 11.8 Å². The number of carbonyl (C=O) groups is 2. The molecule has 0 aliphatic carbocycles. The van der Waals surface area contributed by atoms with Gasteiger partial charge in [0.2, 0.25) is 12.7 Å². The van der Waals surface area contributed by atoms with E-state index in [1.807, 2.05) is 31.2 Å². The van der Waals surface area contributed by atoms with Crippen LogP contribution in [0.15, 0.2) is 65.8 Å². The smallest absolute Gasteiger partial charge is 0.254 e. The Morgan fingerprint density at radius 1 is 1.06 bits per heavy atom. The number of hydrogen-bond donors (Lipinski definition) is 2. The van der Waals surface area contributed by atoms with E-state index >= 15 is 0 Å². The molecule has 176 valence electrons. The third-order valence-electron chi connectivity index (χ3n) is 4.96. The maximum Gasteiger partial charge on any atom is 0.254 e. The van der Waals surface area contributed by atoms with Crippen molar-refractivity contribution in [3.63, 3.8) is 0 Å². The van der Waals surface area contributed by atoms with Crippen molar-refractivity contribution >= 4 is 29.3 Å². The highest BCUT2D eigenvalue weighted by molar-refractivity contribution is 8.00. The van der Waals surface area contributed by atoms with Gasteiger partial charge in [-0.3, -0.25) is 9.59 Å². The van der Waals surface area contributed by atoms with E-state index in [1.165, 1.54) is 11.8 Å². The number of pyridine rings is 1. The van der Waals surface area contributed by atoms with Gasteiger partial charge in [-0.05, 0) is 42.3 Å². The van der Waals surface area contributed by atoms with Crippen LogP contribution in [0.3, 0.4) is 0 Å². The van der Waals surface area contributed by atoms with Gasteiger partial charge >= 0.3 is 0 Å². The molecule has 2 N–H and O–H groups in total. The fourth-order valence-electron chi connectivity index (χ4n) is 3.23. The Hall–Kier alpha value is -3.56. The van der Waals surface area contributed by atoms with Gasteiger partial charge in [0.15, 0.2) is 11.5 Å². The van der Waals surface area contributed by atoms with Crippen LogP contribution in [0.1, 0.15) is 28.4 Å². The minimum Gasteiger partial charge on any atom is -0.454 e. The number of rotatable bonds is 10. The lowest BCUT2D eigenvalue weighted by Crippen LogP contribution is -2.24. The molecule has 9 heteroatoms. The molecule has 8 nitrogen and oxygen atoms in total. The van der Waals surface area contributed by atoms with Gasteiger partial charge in [-0.2, -0.15) is 0 Å². The summed E-state index contributed by atoms with van der Waals surface area (Å²) in [5.41, 5.74) is 3.11. The quantitative estimate of drug-likeness (QED) is 0.424. The van der Waals surface area contributed by atoms with E-state index < -0.39 is 0 Å². The van der Waals surface area contributed by atoms with Crippen LogP contribution in [-0.2, 0) is 22.7 Å². The van der Waals surface area contributed by atoms with Crippen molar-refractivity contribution in [2.75, 3.05) is 24.5 Å². The van der Waals surface area contributed by atoms with Gasteiger partial charge in [0, 0.05) is 31.1 Å². The average molecular weight is 480 g/mol. The van der Waals surface area contributed by atoms with Crippen molar-refractivity contribution in [3.8, 4) is 11.5 Å². The van der Waals surface area contributed by atoms with Crippen molar-refractivity contribution < 1.29 is 23.8 Å². The lowest BCUT2D eigenvalue weighted by molar-refractivity contribution is -0.113. The first-order chi connectivity index (χ1) is 16.6. The van der Waals surface area contributed by atoms with Crippen LogP contribution in [0, 0.1) is 0 Å². The molecular weight excluding hydrogens is 454 g/mol. The summed E-state index contributed by atoms with van der Waals surface area (Å²) >= 11 is 1.21. The van der Waals surface area contributed by atoms with E-state index in [0.717, 1.165) is 11.1 Å². The Kier molecular flexibility index (Phi) is 8.00. The van der Waals surface area contributed by atoms with Crippen molar-refractivity contribution in [2.24, 2.45) is 0 Å². The highest BCUT2D eigenvalue weighted by atomic mass is 32.2. The predicted molar refractivity (Wildman–Crippen MR) is 129 cm³/mol. The molecule has 34 heavy (non-hydrogen) atoms. The van der Waals surface area contributed by atoms with Crippen LogP contribution in [0.5, 0.6) is 11.5 Å². The van der Waals surface area contributed by atoms with Gasteiger partial charge in [-0.1, -0.05) is 36.0 Å². The number of nitrogens with zero attached hydrogens (tertiary/aromatic N) is 1. The average Bonchev–Trinajstić information content (AvgIpc) is 3.33. The molecule has 0 fully saturated rings. The second-order valence-electron chi connectivity index (χ2n) is 7.40. The molecule has 3 aromatic rings.